The molecule has 6 aromatic carbocycles. The van der Waals surface area contributed by atoms with Crippen LogP contribution >= 0.6 is 0 Å². The maximum atomic E-state index is 17.1. The van der Waals surface area contributed by atoms with Crippen LogP contribution in [0.5, 0.6) is 11.5 Å². The van der Waals surface area contributed by atoms with Crippen LogP contribution < -0.4 is 29.9 Å². The summed E-state index contributed by atoms with van der Waals surface area (Å²) in [6.07, 6.45) is 1.91. The van der Waals surface area contributed by atoms with Crippen LogP contribution in [0, 0.1) is 28.7 Å². The fourth-order valence-electron chi connectivity index (χ4n) is 14.4. The van der Waals surface area contributed by atoms with Gasteiger partial charge in [-0.05, 0) is 166 Å². The average molecular weight is 1160 g/mol. The van der Waals surface area contributed by atoms with Gasteiger partial charge in [-0.2, -0.15) is 0 Å². The highest BCUT2D eigenvalue weighted by Gasteiger charge is 2.46. The molecule has 5 aliphatic rings. The molecule has 1 spiro atoms. The molecule has 448 valence electrons. The van der Waals surface area contributed by atoms with E-state index < -0.39 is 79.3 Å². The quantitative estimate of drug-likeness (QED) is 0.0987. The normalized spacial score (nSPS) is 23.5. The van der Waals surface area contributed by atoms with Gasteiger partial charge in [0, 0.05) is 85.8 Å². The minimum atomic E-state index is -2.81. The van der Waals surface area contributed by atoms with Gasteiger partial charge >= 0.3 is 0 Å². The van der Waals surface area contributed by atoms with Gasteiger partial charge in [-0.1, -0.05) is 79.2 Å². The SMILES string of the molecule is C[C@@H]1Cc2cc(OCc3ccccc3)ccc2C(c2c(F)cc(N3CCCCNC(C4c5cc(OCc6ccccc6)ccc5C(c5c(F)cc(N6CCCC7(CCC6)CNC7)cc5F)N(CC(F)F)[C@@H]4C)CCCC3)cc2F)N1CC(F)F. The summed E-state index contributed by atoms with van der Waals surface area (Å²) < 4.78 is 139. The zero-order chi connectivity index (χ0) is 58.5. The second-order valence-corrected chi connectivity index (χ2v) is 24.2. The van der Waals surface area contributed by atoms with Crippen molar-refractivity contribution in [3.05, 3.63) is 189 Å². The maximum absolute atomic E-state index is 17.1. The van der Waals surface area contributed by atoms with Crippen molar-refractivity contribution in [2.45, 2.75) is 140 Å². The lowest BCUT2D eigenvalue weighted by Gasteiger charge is -2.49. The van der Waals surface area contributed by atoms with Gasteiger partial charge in [0.05, 0.1) is 25.2 Å². The molecule has 6 atom stereocenters. The lowest BCUT2D eigenvalue weighted by molar-refractivity contribution is 0.0294. The molecular formula is C68H78F8N6O2. The van der Waals surface area contributed by atoms with Gasteiger partial charge in [0.25, 0.3) is 12.9 Å². The Bertz CT molecular complexity index is 3110. The van der Waals surface area contributed by atoms with E-state index in [1.54, 1.807) is 36.1 Å². The van der Waals surface area contributed by atoms with Crippen molar-refractivity contribution in [3.63, 3.8) is 0 Å². The molecule has 11 rings (SSSR count). The first-order valence-corrected chi connectivity index (χ1v) is 30.3. The van der Waals surface area contributed by atoms with Gasteiger partial charge in [-0.15, -0.1) is 0 Å². The van der Waals surface area contributed by atoms with Crippen molar-refractivity contribution in [2.24, 2.45) is 5.41 Å². The molecule has 5 heterocycles. The van der Waals surface area contributed by atoms with Crippen molar-refractivity contribution in [3.8, 4) is 11.5 Å². The molecule has 3 saturated heterocycles. The van der Waals surface area contributed by atoms with Crippen LogP contribution in [0.2, 0.25) is 0 Å². The molecule has 5 aliphatic heterocycles. The number of anilines is 2. The van der Waals surface area contributed by atoms with E-state index in [1.165, 1.54) is 29.2 Å². The largest absolute Gasteiger partial charge is 0.489 e. The number of hydrogen-bond donors (Lipinski definition) is 2. The zero-order valence-corrected chi connectivity index (χ0v) is 48.1. The van der Waals surface area contributed by atoms with Crippen LogP contribution in [0.3, 0.4) is 0 Å². The third-order valence-electron chi connectivity index (χ3n) is 18.7. The minimum absolute atomic E-state index is 0.255. The summed E-state index contributed by atoms with van der Waals surface area (Å²) in [6.45, 7) is 7.72. The van der Waals surface area contributed by atoms with Crippen molar-refractivity contribution >= 4 is 11.4 Å². The average Bonchev–Trinajstić information content (AvgIpc) is 1.44. The summed E-state index contributed by atoms with van der Waals surface area (Å²) in [7, 11) is 0. The smallest absolute Gasteiger partial charge is 0.251 e. The van der Waals surface area contributed by atoms with E-state index in [-0.39, 0.29) is 23.8 Å². The van der Waals surface area contributed by atoms with Crippen LogP contribution in [0.15, 0.2) is 121 Å². The second-order valence-electron chi connectivity index (χ2n) is 24.2. The molecule has 0 radical (unpaired) electrons. The van der Waals surface area contributed by atoms with Gasteiger partial charge < -0.3 is 29.9 Å². The molecule has 0 aliphatic carbocycles. The Morgan fingerprint density at radius 2 is 1.05 bits per heavy atom. The topological polar surface area (TPSA) is 55.5 Å². The van der Waals surface area contributed by atoms with Crippen LogP contribution in [0.1, 0.15) is 134 Å². The number of benzene rings is 6. The lowest BCUT2D eigenvalue weighted by atomic mass is 9.73. The number of rotatable bonds is 15. The number of halogens is 8. The third-order valence-corrected chi connectivity index (χ3v) is 18.7. The molecule has 0 amide bonds. The number of nitrogens with zero attached hydrogens (tertiary/aromatic N) is 4. The molecule has 0 bridgehead atoms. The molecule has 3 fully saturated rings. The molecule has 84 heavy (non-hydrogen) atoms. The summed E-state index contributed by atoms with van der Waals surface area (Å²) >= 11 is 0. The lowest BCUT2D eigenvalue weighted by Crippen LogP contribution is -2.54. The number of ether oxygens (including phenoxy) is 2. The Hall–Kier alpha value is -6.20. The highest BCUT2D eigenvalue weighted by atomic mass is 19.3. The van der Waals surface area contributed by atoms with E-state index in [1.807, 2.05) is 84.6 Å². The minimum Gasteiger partial charge on any atom is -0.489 e. The van der Waals surface area contributed by atoms with E-state index >= 15 is 26.3 Å². The van der Waals surface area contributed by atoms with E-state index in [4.69, 9.17) is 9.47 Å². The van der Waals surface area contributed by atoms with Crippen molar-refractivity contribution < 1.29 is 44.6 Å². The summed E-state index contributed by atoms with van der Waals surface area (Å²) in [5, 5.41) is 7.21. The Morgan fingerprint density at radius 1 is 0.548 bits per heavy atom. The van der Waals surface area contributed by atoms with Gasteiger partial charge in [-0.25, -0.2) is 35.1 Å². The number of nitrogens with one attached hydrogen (secondary N) is 2. The zero-order valence-electron chi connectivity index (χ0n) is 48.1. The molecule has 6 aromatic rings. The Morgan fingerprint density at radius 3 is 1.58 bits per heavy atom. The van der Waals surface area contributed by atoms with E-state index in [0.29, 0.717) is 117 Å². The van der Waals surface area contributed by atoms with Crippen LogP contribution in [0.4, 0.5) is 46.5 Å². The number of fused-ring (bicyclic) bond motifs is 2. The standard InChI is InChI=1S/C68H78F8N6O2/c1-44-31-48-32-51(83-40-46-15-5-3-6-16-46)20-22-53(48)66(81(44)38-61(73)74)64-56(69)33-49(34-57(64)70)79-27-11-9-19-60(78-26-10-12-28-79)63-45(2)82(39-62(75)76)67(54-23-21-52(37-55(54)63)84-41-47-17-7-4-8-18-47)65-58(71)35-50(36-59(65)72)80-29-13-24-68(25-14-30-80)42-77-43-68/h3-8,15-18,20-23,32-37,44-45,60-63,66-67,77-78H,9-14,19,24-31,38-43H2,1-2H3/t44-,45-,60?,63?,66?,67?/m1/s1. The van der Waals surface area contributed by atoms with Crippen molar-refractivity contribution in [1.29, 1.82) is 0 Å². The van der Waals surface area contributed by atoms with Crippen molar-refractivity contribution in [2.75, 3.05) is 68.7 Å². The van der Waals surface area contributed by atoms with Crippen LogP contribution in [-0.2, 0) is 19.6 Å². The highest BCUT2D eigenvalue weighted by molar-refractivity contribution is 5.55. The molecule has 0 saturated carbocycles. The van der Waals surface area contributed by atoms with Gasteiger partial charge in [0.15, 0.2) is 0 Å². The first-order valence-electron chi connectivity index (χ1n) is 30.3. The molecule has 0 aromatic heterocycles. The van der Waals surface area contributed by atoms with Crippen LogP contribution in [-0.4, -0.2) is 99.7 Å². The predicted octanol–water partition coefficient (Wildman–Crippen LogP) is 14.5. The summed E-state index contributed by atoms with van der Waals surface area (Å²) in [5.41, 5.74) is 5.15. The summed E-state index contributed by atoms with van der Waals surface area (Å²) in [6, 6.07) is 32.0. The van der Waals surface area contributed by atoms with E-state index in [2.05, 4.69) is 15.5 Å². The fourth-order valence-corrected chi connectivity index (χ4v) is 14.4. The fraction of sp³-hybridized carbons (Fsp3) is 0.471. The highest BCUT2D eigenvalue weighted by Crippen LogP contribution is 2.49. The van der Waals surface area contributed by atoms with Crippen LogP contribution in [0.25, 0.3) is 0 Å². The Kier molecular flexibility index (Phi) is 18.8. The van der Waals surface area contributed by atoms with E-state index in [9.17, 15) is 8.78 Å². The molecule has 8 nitrogen and oxygen atoms in total. The monoisotopic (exact) mass is 1160 g/mol. The first kappa shape index (κ1) is 59.5. The number of alkyl halides is 4. The number of hydrogen-bond acceptors (Lipinski definition) is 8. The summed E-state index contributed by atoms with van der Waals surface area (Å²) in [5.74, 6) is -2.48. The van der Waals surface area contributed by atoms with Crippen molar-refractivity contribution in [1.82, 2.24) is 20.4 Å². The maximum Gasteiger partial charge on any atom is 0.251 e. The Labute approximate surface area is 489 Å². The summed E-state index contributed by atoms with van der Waals surface area (Å²) in [4.78, 5) is 7.12. The van der Waals surface area contributed by atoms with Gasteiger partial charge in [0.2, 0.25) is 0 Å². The molecule has 2 N–H and O–H groups in total. The predicted molar refractivity (Wildman–Crippen MR) is 315 cm³/mol. The second kappa shape index (κ2) is 26.6. The third kappa shape index (κ3) is 13.3. The first-order chi connectivity index (χ1) is 40.7. The molecular weight excluding hydrogens is 1080 g/mol. The molecule has 4 unspecified atom stereocenters. The van der Waals surface area contributed by atoms with Gasteiger partial charge in [-0.3, -0.25) is 9.80 Å². The molecule has 16 heteroatoms. The van der Waals surface area contributed by atoms with Gasteiger partial charge in [0.1, 0.15) is 48.0 Å². The Balaban J connectivity index is 0.853. The van der Waals surface area contributed by atoms with E-state index in [0.717, 1.165) is 61.0 Å².